The topological polar surface area (TPSA) is 347 Å². The van der Waals surface area contributed by atoms with Gasteiger partial charge in [-0.3, -0.25) is 54.0 Å². The van der Waals surface area contributed by atoms with Gasteiger partial charge < -0.3 is 63.9 Å². The lowest BCUT2D eigenvalue weighted by molar-refractivity contribution is -0.162. The summed E-state index contributed by atoms with van der Waals surface area (Å²) in [6.45, 7) is 4.06. The second-order valence-corrected chi connectivity index (χ2v) is 20.6. The smallest absolute Gasteiger partial charge is 0.338 e. The first-order valence-electron chi connectivity index (χ1n) is 27.1. The first kappa shape index (κ1) is 67.9. The predicted octanol–water partition coefficient (Wildman–Crippen LogP) is 1.87. The van der Waals surface area contributed by atoms with Crippen LogP contribution in [0.25, 0.3) is 33.4 Å². The molecule has 2 aromatic rings. The van der Waals surface area contributed by atoms with Crippen LogP contribution in [-0.4, -0.2) is 226 Å². The average Bonchev–Trinajstić information content (AvgIpc) is 3.11. The number of thiocarbonyl (C=S) groups is 1. The average molecular weight is 1210 g/mol. The van der Waals surface area contributed by atoms with Gasteiger partial charge in [-0.15, -0.1) is 0 Å². The van der Waals surface area contributed by atoms with E-state index < -0.39 is 65.0 Å². The fourth-order valence-electron chi connectivity index (χ4n) is 8.93. The maximum Gasteiger partial charge on any atom is 0.338 e. The van der Waals surface area contributed by atoms with Crippen LogP contribution in [0.15, 0.2) is 63.8 Å². The molecule has 85 heavy (non-hydrogen) atoms. The van der Waals surface area contributed by atoms with Crippen LogP contribution in [0, 0.1) is 5.41 Å². The van der Waals surface area contributed by atoms with Crippen molar-refractivity contribution in [2.45, 2.75) is 64.6 Å². The summed E-state index contributed by atoms with van der Waals surface area (Å²) in [7, 11) is 6.16. The van der Waals surface area contributed by atoms with Crippen molar-refractivity contribution in [3.63, 3.8) is 0 Å². The monoisotopic (exact) mass is 1210 g/mol. The van der Waals surface area contributed by atoms with Crippen molar-refractivity contribution in [2.24, 2.45) is 5.41 Å². The van der Waals surface area contributed by atoms with Gasteiger partial charge in [0.2, 0.25) is 23.6 Å². The summed E-state index contributed by atoms with van der Waals surface area (Å²) in [5, 5.41) is 41.2. The van der Waals surface area contributed by atoms with Crippen LogP contribution in [0.1, 0.15) is 56.8 Å². The Morgan fingerprint density at radius 3 is 1.54 bits per heavy atom. The summed E-state index contributed by atoms with van der Waals surface area (Å²) in [5.74, 6) is -3.98. The number of fused-ring (bicyclic) bond motifs is 2. The highest BCUT2D eigenvalue weighted by Gasteiger charge is 2.34. The summed E-state index contributed by atoms with van der Waals surface area (Å²) < 4.78 is 40.8. The van der Waals surface area contributed by atoms with Crippen LogP contribution in [0.5, 0.6) is 5.75 Å². The molecule has 7 N–H and O–H groups in total. The van der Waals surface area contributed by atoms with Gasteiger partial charge in [-0.05, 0) is 75.0 Å². The first-order valence-corrected chi connectivity index (χ1v) is 27.5. The lowest BCUT2D eigenvalue weighted by Gasteiger charge is -2.36. The number of hydrogen-bond donors (Lipinski definition) is 7. The van der Waals surface area contributed by atoms with Gasteiger partial charge in [-0.2, -0.15) is 0 Å². The lowest BCUT2D eigenvalue weighted by Crippen LogP contribution is -2.51. The van der Waals surface area contributed by atoms with Crippen LogP contribution < -0.4 is 31.4 Å². The Morgan fingerprint density at radius 1 is 0.624 bits per heavy atom. The van der Waals surface area contributed by atoms with Gasteiger partial charge in [0.25, 0.3) is 17.7 Å². The minimum atomic E-state index is -1.23. The molecular formula is C56H75N9O19S. The molecule has 0 aromatic heterocycles. The van der Waals surface area contributed by atoms with E-state index in [-0.39, 0.29) is 95.4 Å². The number of anilines is 1. The molecule has 0 saturated carbocycles. The Bertz CT molecular complexity index is 2920. The van der Waals surface area contributed by atoms with E-state index >= 15 is 0 Å². The zero-order valence-electron chi connectivity index (χ0n) is 48.8. The Labute approximate surface area is 495 Å². The molecule has 28 nitrogen and oxygen atoms in total. The largest absolute Gasteiger partial charge is 0.497 e. The Morgan fingerprint density at radius 2 is 1.08 bits per heavy atom. The van der Waals surface area contributed by atoms with Gasteiger partial charge in [0, 0.05) is 101 Å². The van der Waals surface area contributed by atoms with Crippen molar-refractivity contribution in [3.05, 3.63) is 70.4 Å². The van der Waals surface area contributed by atoms with Gasteiger partial charge in [0.15, 0.2) is 10.5 Å². The number of hydrogen-bond acceptors (Lipinski definition) is 20. The molecule has 3 aliphatic rings. The summed E-state index contributed by atoms with van der Waals surface area (Å²) in [4.78, 5) is 118. The van der Waals surface area contributed by atoms with Gasteiger partial charge in [0.05, 0.1) is 84.5 Å². The van der Waals surface area contributed by atoms with E-state index in [9.17, 15) is 58.8 Å². The number of hydroxylamine groups is 6. The number of rotatable bonds is 30. The fourth-order valence-corrected chi connectivity index (χ4v) is 9.23. The number of esters is 1. The molecule has 7 amide bonds. The minimum absolute atomic E-state index is 0.0595. The Kier molecular flexibility index (Phi) is 25.9. The number of piperazine rings is 1. The van der Waals surface area contributed by atoms with Crippen molar-refractivity contribution in [1.29, 1.82) is 0 Å². The van der Waals surface area contributed by atoms with Crippen molar-refractivity contribution in [2.75, 3.05) is 120 Å². The summed E-state index contributed by atoms with van der Waals surface area (Å²) >= 11 is 5.83. The molecule has 0 radical (unpaired) electrons. The number of benzene rings is 3. The van der Waals surface area contributed by atoms with E-state index in [1.54, 1.807) is 41.3 Å². The number of carbonyl (C=O) groups excluding carboxylic acids is 8. The first-order chi connectivity index (χ1) is 40.4. The van der Waals surface area contributed by atoms with E-state index in [1.807, 2.05) is 11.0 Å². The van der Waals surface area contributed by atoms with Crippen molar-refractivity contribution < 1.29 is 86.8 Å². The van der Waals surface area contributed by atoms with Crippen LogP contribution in [0.2, 0.25) is 0 Å². The van der Waals surface area contributed by atoms with E-state index in [4.69, 9.17) is 45.1 Å². The van der Waals surface area contributed by atoms with E-state index in [0.717, 1.165) is 21.1 Å². The second-order valence-electron chi connectivity index (χ2n) is 20.2. The standard InChI is InChI=1S/C56H75N9O19S/c1-34(51(71)61(4)75)57-46(67)15-23-80-30-56(31-81-24-16-47(68)58-35(2)52(72)62(5)76,32-82-25-17-48(69)59-36(3)53(73)63(6)77)33-83-26-18-49(70)64-19-21-65(22-20-64)55(85)60-37-9-12-40(43(27-37)54(74)79-8)50-41-13-10-38(66)28-44(41)84-45-29-39(78-7)11-14-42(45)50/h9-14,27-29,34-36,75-77H,15-26,30-33H2,1-8H3,(H,57,67)(H,58,68)(H,59,69)(H,60,85)/t34-,35-,36-/m0/s1. The van der Waals surface area contributed by atoms with E-state index in [0.29, 0.717) is 91.3 Å². The highest BCUT2D eigenvalue weighted by molar-refractivity contribution is 7.80. The zero-order chi connectivity index (χ0) is 62.5. The van der Waals surface area contributed by atoms with Gasteiger partial charge >= 0.3 is 5.97 Å². The number of carbonyl (C=O) groups is 8. The number of methoxy groups -OCH3 is 2. The highest BCUT2D eigenvalue weighted by atomic mass is 32.1. The third kappa shape index (κ3) is 19.8. The van der Waals surface area contributed by atoms with Crippen LogP contribution in [-0.2, 0) is 57.2 Å². The van der Waals surface area contributed by atoms with Gasteiger partial charge in [0.1, 0.15) is 35.2 Å². The Balaban J connectivity index is 1.24. The summed E-state index contributed by atoms with van der Waals surface area (Å²) in [5.41, 5.74) is 1.37. The molecule has 0 spiro atoms. The highest BCUT2D eigenvalue weighted by Crippen LogP contribution is 2.42. The molecule has 2 heterocycles. The number of nitrogens with one attached hydrogen (secondary N) is 4. The van der Waals surface area contributed by atoms with Crippen LogP contribution in [0.4, 0.5) is 5.69 Å². The summed E-state index contributed by atoms with van der Waals surface area (Å²) in [6, 6.07) is 11.7. The summed E-state index contributed by atoms with van der Waals surface area (Å²) in [6.07, 6.45) is -0.719. The Hall–Kier alpha value is -7.90. The number of ether oxygens (including phenoxy) is 6. The molecule has 1 aliphatic carbocycles. The fraction of sp³-hybridized carbons (Fsp3) is 0.500. The predicted molar refractivity (Wildman–Crippen MR) is 307 cm³/mol. The van der Waals surface area contributed by atoms with Crippen molar-refractivity contribution in [1.82, 2.24) is 40.9 Å². The zero-order valence-corrected chi connectivity index (χ0v) is 49.6. The molecule has 464 valence electrons. The quantitative estimate of drug-likeness (QED) is 0.00978. The SMILES string of the molecule is COC(=O)c1cc(NC(=S)N2CCN(C(=O)CCOCC(COCCC(=O)N[C@@H](C)C(=O)N(C)O)(COCCC(=O)N[C@@H](C)C(=O)N(C)O)COCCC(=O)N[C@@H](C)C(=O)N(C)O)CC2)ccc1-c1c2ccc(=O)cc-2oc2cc(OC)ccc12. The number of nitrogens with zero attached hydrogens (tertiary/aromatic N) is 5. The third-order valence-electron chi connectivity index (χ3n) is 13.5. The molecule has 2 aromatic carbocycles. The maximum absolute atomic E-state index is 13.7. The minimum Gasteiger partial charge on any atom is -0.497 e. The maximum atomic E-state index is 13.7. The number of likely N-dealkylation sites (N-methyl/N-ethyl adjacent to an activating group) is 3. The lowest BCUT2D eigenvalue weighted by atomic mass is 9.90. The van der Waals surface area contributed by atoms with Crippen LogP contribution >= 0.6 is 12.2 Å². The molecule has 2 aliphatic heterocycles. The molecule has 1 fully saturated rings. The molecular weight excluding hydrogens is 1130 g/mol. The van der Waals surface area contributed by atoms with Gasteiger partial charge in [-0.1, -0.05) is 6.07 Å². The molecule has 29 heteroatoms. The molecule has 5 rings (SSSR count). The third-order valence-corrected chi connectivity index (χ3v) is 13.8. The van der Waals surface area contributed by atoms with Gasteiger partial charge in [-0.25, -0.2) is 20.0 Å². The van der Waals surface area contributed by atoms with Crippen molar-refractivity contribution >= 4 is 81.3 Å². The van der Waals surface area contributed by atoms with E-state index in [2.05, 4.69) is 21.3 Å². The molecule has 0 unspecified atom stereocenters. The van der Waals surface area contributed by atoms with E-state index in [1.165, 1.54) is 47.1 Å². The molecule has 0 bridgehead atoms. The van der Waals surface area contributed by atoms with Crippen molar-refractivity contribution in [3.8, 4) is 28.2 Å². The second kappa shape index (κ2) is 32.4. The molecule has 3 atom stereocenters. The number of amides is 7. The van der Waals surface area contributed by atoms with Crippen LogP contribution in [0.3, 0.4) is 0 Å². The molecule has 1 saturated heterocycles. The normalized spacial score (nSPS) is 13.5.